The number of rotatable bonds is 6. The molecular weight excluding hydrogens is 240 g/mol. The Morgan fingerprint density at radius 1 is 1.11 bits per heavy atom. The van der Waals surface area contributed by atoms with E-state index in [2.05, 4.69) is 50.0 Å². The van der Waals surface area contributed by atoms with Crippen LogP contribution in [0.15, 0.2) is 47.3 Å². The average Bonchev–Trinajstić information content (AvgIpc) is 2.93. The van der Waals surface area contributed by atoms with Crippen molar-refractivity contribution in [2.45, 2.75) is 32.5 Å². The fourth-order valence-electron chi connectivity index (χ4n) is 2.06. The highest BCUT2D eigenvalue weighted by molar-refractivity contribution is 6.69. The maximum atomic E-state index is 5.84. The van der Waals surface area contributed by atoms with Crippen LogP contribution in [0.1, 0.15) is 12.8 Å². The lowest BCUT2D eigenvalue weighted by atomic mass is 10.1. The monoisotopic (exact) mass is 262 g/mol. The molecule has 0 atom stereocenters. The summed E-state index contributed by atoms with van der Waals surface area (Å²) in [7, 11) is -1.41. The largest absolute Gasteiger partial charge is 0.491 e. The van der Waals surface area contributed by atoms with Gasteiger partial charge in [0.2, 0.25) is 0 Å². The number of ether oxygens (including phenoxy) is 1. The predicted octanol–water partition coefficient (Wildman–Crippen LogP) is 3.95. The van der Waals surface area contributed by atoms with Crippen molar-refractivity contribution in [2.24, 2.45) is 0 Å². The minimum atomic E-state index is -1.41. The van der Waals surface area contributed by atoms with Gasteiger partial charge in [0.1, 0.15) is 12.4 Å². The van der Waals surface area contributed by atoms with Crippen LogP contribution in [-0.2, 0) is 9.16 Å². The smallest absolute Gasteiger partial charge is 0.183 e. The molecule has 2 aliphatic carbocycles. The van der Waals surface area contributed by atoms with Crippen molar-refractivity contribution in [2.75, 3.05) is 13.2 Å². The second-order valence-corrected chi connectivity index (χ2v) is 10.1. The van der Waals surface area contributed by atoms with Crippen molar-refractivity contribution < 1.29 is 9.16 Å². The summed E-state index contributed by atoms with van der Waals surface area (Å²) in [6, 6.07) is 0. The molecule has 0 bridgehead atoms. The van der Waals surface area contributed by atoms with Crippen LogP contribution in [0.5, 0.6) is 0 Å². The molecule has 98 valence electrons. The van der Waals surface area contributed by atoms with Gasteiger partial charge in [-0.05, 0) is 44.1 Å². The molecular formula is C15H22O2Si. The molecule has 0 aromatic heterocycles. The van der Waals surface area contributed by atoms with Crippen LogP contribution in [0.4, 0.5) is 0 Å². The third-order valence-corrected chi connectivity index (χ3v) is 3.95. The Morgan fingerprint density at radius 2 is 1.94 bits per heavy atom. The normalized spacial score (nSPS) is 18.7. The second-order valence-electron chi connectivity index (χ2n) is 5.56. The topological polar surface area (TPSA) is 18.5 Å². The Balaban J connectivity index is 1.85. The molecule has 0 aromatic carbocycles. The quantitative estimate of drug-likeness (QED) is 0.533. The van der Waals surface area contributed by atoms with Crippen LogP contribution in [-0.4, -0.2) is 21.5 Å². The maximum Gasteiger partial charge on any atom is 0.183 e. The maximum absolute atomic E-state index is 5.84. The minimum Gasteiger partial charge on any atom is -0.491 e. The molecule has 0 fully saturated rings. The molecule has 0 heterocycles. The molecule has 0 saturated heterocycles. The summed E-state index contributed by atoms with van der Waals surface area (Å²) < 4.78 is 11.6. The van der Waals surface area contributed by atoms with Crippen LogP contribution < -0.4 is 0 Å². The van der Waals surface area contributed by atoms with Gasteiger partial charge in [0.25, 0.3) is 0 Å². The molecule has 0 unspecified atom stereocenters. The van der Waals surface area contributed by atoms with E-state index >= 15 is 0 Å². The van der Waals surface area contributed by atoms with Gasteiger partial charge in [-0.2, -0.15) is 0 Å². The van der Waals surface area contributed by atoms with E-state index in [-0.39, 0.29) is 0 Å². The Kier molecular flexibility index (Phi) is 4.25. The van der Waals surface area contributed by atoms with Crippen molar-refractivity contribution in [1.29, 1.82) is 0 Å². The number of hydrogen-bond acceptors (Lipinski definition) is 2. The van der Waals surface area contributed by atoms with Gasteiger partial charge < -0.3 is 9.16 Å². The van der Waals surface area contributed by atoms with Crippen LogP contribution in [0.3, 0.4) is 0 Å². The minimum absolute atomic E-state index is 0.643. The first-order chi connectivity index (χ1) is 8.56. The van der Waals surface area contributed by atoms with Crippen molar-refractivity contribution in [3.8, 4) is 0 Å². The zero-order chi connectivity index (χ0) is 13.0. The van der Waals surface area contributed by atoms with Gasteiger partial charge in [-0.1, -0.05) is 24.3 Å². The zero-order valence-corrected chi connectivity index (χ0v) is 12.5. The van der Waals surface area contributed by atoms with Gasteiger partial charge in [0, 0.05) is 5.57 Å². The lowest BCUT2D eigenvalue weighted by Gasteiger charge is -2.17. The molecule has 18 heavy (non-hydrogen) atoms. The summed E-state index contributed by atoms with van der Waals surface area (Å²) in [6.45, 7) is 7.92. The Labute approximate surface area is 111 Å². The summed E-state index contributed by atoms with van der Waals surface area (Å²) in [5.74, 6) is 1.02. The SMILES string of the molecule is C[Si](C)(C)OCCOC1=C(C2=CCC=C2)CC=C1. The van der Waals surface area contributed by atoms with E-state index in [0.717, 1.165) is 18.6 Å². The standard InChI is InChI=1S/C15H22O2Si/c1-18(2,3)17-12-11-16-15-10-6-9-14(15)13-7-4-5-8-13/h4,6-8,10H,5,9,11-12H2,1-3H3. The summed E-state index contributed by atoms with van der Waals surface area (Å²) >= 11 is 0. The Hall–Kier alpha value is -1.06. The third kappa shape index (κ3) is 3.72. The average molecular weight is 262 g/mol. The molecule has 0 N–H and O–H groups in total. The third-order valence-electron chi connectivity index (χ3n) is 2.88. The summed E-state index contributed by atoms with van der Waals surface area (Å²) in [4.78, 5) is 0. The van der Waals surface area contributed by atoms with E-state index in [0.29, 0.717) is 13.2 Å². The summed E-state index contributed by atoms with van der Waals surface area (Å²) in [5.41, 5.74) is 2.64. The van der Waals surface area contributed by atoms with Crippen molar-refractivity contribution in [3.63, 3.8) is 0 Å². The molecule has 0 aliphatic heterocycles. The van der Waals surface area contributed by atoms with Crippen LogP contribution in [0, 0.1) is 0 Å². The van der Waals surface area contributed by atoms with Crippen molar-refractivity contribution in [1.82, 2.24) is 0 Å². The van der Waals surface area contributed by atoms with Gasteiger partial charge in [0.15, 0.2) is 8.32 Å². The molecule has 0 amide bonds. The molecule has 2 aliphatic rings. The molecule has 2 nitrogen and oxygen atoms in total. The Bertz CT molecular complexity index is 422. The van der Waals surface area contributed by atoms with E-state index in [1.54, 1.807) is 0 Å². The van der Waals surface area contributed by atoms with Gasteiger partial charge in [0.05, 0.1) is 6.61 Å². The fraction of sp³-hybridized carbons (Fsp3) is 0.467. The highest BCUT2D eigenvalue weighted by atomic mass is 28.4. The first-order valence-electron chi connectivity index (χ1n) is 6.60. The van der Waals surface area contributed by atoms with Gasteiger partial charge in [-0.15, -0.1) is 0 Å². The first kappa shape index (κ1) is 13.4. The van der Waals surface area contributed by atoms with Gasteiger partial charge >= 0.3 is 0 Å². The van der Waals surface area contributed by atoms with E-state index < -0.39 is 8.32 Å². The highest BCUT2D eigenvalue weighted by Gasteiger charge is 2.16. The summed E-state index contributed by atoms with van der Waals surface area (Å²) in [5, 5.41) is 0. The molecule has 0 aromatic rings. The van der Waals surface area contributed by atoms with E-state index in [4.69, 9.17) is 9.16 Å². The lowest BCUT2D eigenvalue weighted by molar-refractivity contribution is 0.159. The lowest BCUT2D eigenvalue weighted by Crippen LogP contribution is -2.27. The van der Waals surface area contributed by atoms with Crippen molar-refractivity contribution >= 4 is 8.32 Å². The van der Waals surface area contributed by atoms with Crippen molar-refractivity contribution in [3.05, 3.63) is 47.3 Å². The van der Waals surface area contributed by atoms with Crippen LogP contribution >= 0.6 is 0 Å². The zero-order valence-electron chi connectivity index (χ0n) is 11.5. The fourth-order valence-corrected chi connectivity index (χ4v) is 2.76. The van der Waals surface area contributed by atoms with Gasteiger partial charge in [-0.3, -0.25) is 0 Å². The number of allylic oxidation sites excluding steroid dienone is 7. The van der Waals surface area contributed by atoms with Crippen LogP contribution in [0.2, 0.25) is 19.6 Å². The molecule has 2 rings (SSSR count). The Morgan fingerprint density at radius 3 is 2.61 bits per heavy atom. The van der Waals surface area contributed by atoms with Gasteiger partial charge in [-0.25, -0.2) is 0 Å². The van der Waals surface area contributed by atoms with Crippen LogP contribution in [0.25, 0.3) is 0 Å². The second kappa shape index (κ2) is 5.72. The van der Waals surface area contributed by atoms with E-state index in [9.17, 15) is 0 Å². The van der Waals surface area contributed by atoms with E-state index in [1.165, 1.54) is 11.1 Å². The molecule has 0 saturated carbocycles. The molecule has 3 heteroatoms. The van der Waals surface area contributed by atoms with E-state index in [1.807, 2.05) is 0 Å². The molecule has 0 spiro atoms. The molecule has 0 radical (unpaired) electrons. The summed E-state index contributed by atoms with van der Waals surface area (Å²) in [6.07, 6.45) is 12.9. The number of hydrogen-bond donors (Lipinski definition) is 0. The highest BCUT2D eigenvalue weighted by Crippen LogP contribution is 2.29. The predicted molar refractivity (Wildman–Crippen MR) is 77.9 cm³/mol. The first-order valence-corrected chi connectivity index (χ1v) is 10.0.